The van der Waals surface area contributed by atoms with Crippen molar-refractivity contribution < 1.29 is 0 Å². The molecular formula is C91H88BrCl4N25. The summed E-state index contributed by atoms with van der Waals surface area (Å²) in [7, 11) is 0. The Kier molecular flexibility index (Phi) is 22.6. The summed E-state index contributed by atoms with van der Waals surface area (Å²) in [5.41, 5.74) is 24.1. The standard InChI is InChI=1S/C22H24ClN5.C19H20ClN5.C18H16ClN5.C16H14BrN5.C16H14ClN5/c1-15-5-7-19-17(13-15)22(10-3-2-4-11-22)18-14-16(23)6-8-20(18)28(19)12-9-21-24-26-27-25-21;1-12-4-6-16-14(10-12)19(2,3)15-11-13(20)5-7-17(15)25(16)9-8-18-21-23-24-22-18;1-10-2-4-16-14(6-10)15-9-12(19)3-5-17(15)24(16)13-7-11(8-13)18-20-22-23-21-18;1-10-2-4-12-13-5-3-11(17)9-15(13)22(14(12)8-10)7-6-16-18-20-21-19-16;1-10-2-4-14-12(8-10)13-9-11(17)3-5-15(13)22(14)7-6-16-18-20-21-19-16/h5-8,13-14H,2-4,9-12H2,1H3,(H,24,25,26,27);4-7,10-11H,8-9H2,1-3H3,(H,21,22,23,24);2-6,9,11,13H,7-8H2,1H3,(H,20,21,22,23);2*2-5,8-9H,6-7H2,1H3,(H,18,19,20,21). The van der Waals surface area contributed by atoms with Crippen molar-refractivity contribution in [1.29, 1.82) is 0 Å². The van der Waals surface area contributed by atoms with Crippen LogP contribution in [0.3, 0.4) is 0 Å². The fraction of sp³-hybridized carbons (Fsp3) is 0.286. The highest BCUT2D eigenvalue weighted by molar-refractivity contribution is 9.10. The number of aryl methyl sites for hydroxylation is 9. The first-order valence-corrected chi connectivity index (χ1v) is 43.2. The molecule has 10 aromatic carbocycles. The number of benzene rings is 10. The minimum absolute atomic E-state index is 0.0719. The smallest absolute Gasteiger partial charge is 0.177 e. The molecule has 0 bridgehead atoms. The van der Waals surface area contributed by atoms with Gasteiger partial charge in [0.25, 0.3) is 0 Å². The zero-order chi connectivity index (χ0) is 83.2. The molecule has 30 heteroatoms. The lowest BCUT2D eigenvalue weighted by atomic mass is 9.62. The predicted molar refractivity (Wildman–Crippen MR) is 482 cm³/mol. The number of hydrogen-bond donors (Lipinski definition) is 5. The number of nitrogens with zero attached hydrogens (tertiary/aromatic N) is 20. The van der Waals surface area contributed by atoms with Crippen LogP contribution in [0.5, 0.6) is 0 Å². The van der Waals surface area contributed by atoms with Crippen LogP contribution in [0.15, 0.2) is 186 Å². The van der Waals surface area contributed by atoms with E-state index in [1.807, 2.05) is 30.3 Å². The molecule has 0 saturated heterocycles. The number of aromatic nitrogens is 23. The van der Waals surface area contributed by atoms with E-state index in [1.54, 1.807) is 0 Å². The van der Waals surface area contributed by atoms with Crippen LogP contribution in [0.25, 0.3) is 65.4 Å². The fourth-order valence-electron chi connectivity index (χ4n) is 18.5. The predicted octanol–water partition coefficient (Wildman–Crippen LogP) is 20.8. The number of rotatable bonds is 14. The topological polar surface area (TPSA) is 294 Å². The van der Waals surface area contributed by atoms with Gasteiger partial charge in [-0.25, -0.2) is 0 Å². The maximum absolute atomic E-state index is 6.49. The van der Waals surface area contributed by atoms with Gasteiger partial charge in [-0.3, -0.25) is 0 Å². The number of anilines is 4. The number of nitrogens with one attached hydrogen (secondary N) is 5. The SMILES string of the molecule is Cc1ccc2c(c1)C(C)(C)c1cc(Cl)ccc1N2CCc1nn[nH]n1.Cc1ccc2c(c1)C1(CCCCC1)c1cc(Cl)ccc1N2CCc1nn[nH]n1.Cc1ccc2c(c1)c1cc(Cl)ccc1n2C1CC(c2nn[nH]n2)C1.Cc1ccc2c(c1)c1cc(Cl)ccc1n2CCc1nn[nH]n1.Cc1ccc2c3ccc(Br)cc3n(CCc3nn[nH]n3)c2c1. The number of H-pyrrole nitrogens is 5. The second-order valence-corrected chi connectivity index (χ2v) is 35.2. The molecule has 0 atom stereocenters. The Bertz CT molecular complexity index is 6460. The quantitative estimate of drug-likeness (QED) is 0.0676. The lowest BCUT2D eigenvalue weighted by Gasteiger charge is -2.48. The third-order valence-electron chi connectivity index (χ3n) is 24.4. The molecule has 2 aliphatic carbocycles. The average Bonchev–Trinajstić information content (AvgIpc) is 1.72. The van der Waals surface area contributed by atoms with Crippen LogP contribution < -0.4 is 9.80 Å². The van der Waals surface area contributed by atoms with Crippen LogP contribution in [0.4, 0.5) is 22.7 Å². The first kappa shape index (κ1) is 80.3. The van der Waals surface area contributed by atoms with Gasteiger partial charge in [0, 0.05) is 182 Å². The first-order valence-electron chi connectivity index (χ1n) is 40.8. The normalized spacial score (nSPS) is 15.4. The Morgan fingerprint density at radius 1 is 0.355 bits per heavy atom. The molecule has 25 nitrogen and oxygen atoms in total. The number of aromatic amines is 5. The second kappa shape index (κ2) is 34.0. The van der Waals surface area contributed by atoms with E-state index in [1.165, 1.54) is 170 Å². The minimum atomic E-state index is -0.107. The zero-order valence-corrected chi connectivity index (χ0v) is 72.5. The van der Waals surface area contributed by atoms with Crippen molar-refractivity contribution in [3.05, 3.63) is 286 Å². The largest absolute Gasteiger partial charge is 0.341 e. The van der Waals surface area contributed by atoms with E-state index in [9.17, 15) is 0 Å². The number of halogens is 5. The molecule has 0 amide bonds. The van der Waals surface area contributed by atoms with Crippen molar-refractivity contribution in [3.8, 4) is 0 Å². The molecule has 2 fully saturated rings. The molecule has 612 valence electrons. The molecule has 4 aliphatic rings. The van der Waals surface area contributed by atoms with Gasteiger partial charge in [-0.2, -0.15) is 26.1 Å². The van der Waals surface area contributed by atoms with Gasteiger partial charge in [0.15, 0.2) is 29.1 Å². The summed E-state index contributed by atoms with van der Waals surface area (Å²) in [4.78, 5) is 4.75. The van der Waals surface area contributed by atoms with Crippen molar-refractivity contribution in [3.63, 3.8) is 0 Å². The van der Waals surface area contributed by atoms with Crippen LogP contribution in [0.1, 0.15) is 150 Å². The van der Waals surface area contributed by atoms with Gasteiger partial charge in [0.2, 0.25) is 0 Å². The molecule has 22 rings (SSSR count). The van der Waals surface area contributed by atoms with E-state index in [0.717, 1.165) is 106 Å². The molecule has 18 aromatic rings. The summed E-state index contributed by atoms with van der Waals surface area (Å²) < 4.78 is 8.16. The van der Waals surface area contributed by atoms with Crippen molar-refractivity contribution in [2.45, 2.75) is 155 Å². The van der Waals surface area contributed by atoms with Gasteiger partial charge in [0.1, 0.15) is 0 Å². The van der Waals surface area contributed by atoms with Crippen molar-refractivity contribution >= 4 is 151 Å². The lowest BCUT2D eigenvalue weighted by Crippen LogP contribution is -2.39. The highest BCUT2D eigenvalue weighted by Crippen LogP contribution is 2.57. The highest BCUT2D eigenvalue weighted by Gasteiger charge is 2.45. The lowest BCUT2D eigenvalue weighted by molar-refractivity contribution is 0.267. The van der Waals surface area contributed by atoms with Crippen LogP contribution in [0.2, 0.25) is 20.1 Å². The van der Waals surface area contributed by atoms with E-state index in [0.29, 0.717) is 24.2 Å². The van der Waals surface area contributed by atoms with Gasteiger partial charge in [0.05, 0.1) is 5.52 Å². The van der Waals surface area contributed by atoms with Gasteiger partial charge < -0.3 is 23.5 Å². The Morgan fingerprint density at radius 3 is 1.26 bits per heavy atom. The molecule has 10 heterocycles. The van der Waals surface area contributed by atoms with E-state index >= 15 is 0 Å². The molecule has 2 saturated carbocycles. The number of hydrogen-bond acceptors (Lipinski definition) is 17. The third kappa shape index (κ3) is 16.1. The summed E-state index contributed by atoms with van der Waals surface area (Å²) in [5, 5.41) is 82.2. The van der Waals surface area contributed by atoms with E-state index < -0.39 is 0 Å². The van der Waals surface area contributed by atoms with Crippen LogP contribution in [-0.2, 0) is 49.6 Å². The summed E-state index contributed by atoms with van der Waals surface area (Å²) in [5.74, 6) is 4.12. The van der Waals surface area contributed by atoms with Crippen molar-refractivity contribution in [2.75, 3.05) is 22.9 Å². The van der Waals surface area contributed by atoms with Crippen LogP contribution >= 0.6 is 62.3 Å². The van der Waals surface area contributed by atoms with Crippen molar-refractivity contribution in [1.82, 2.24) is 117 Å². The van der Waals surface area contributed by atoms with Crippen LogP contribution in [0, 0.1) is 34.6 Å². The molecule has 121 heavy (non-hydrogen) atoms. The third-order valence-corrected chi connectivity index (χ3v) is 25.8. The fourth-order valence-corrected chi connectivity index (χ4v) is 19.5. The maximum Gasteiger partial charge on any atom is 0.177 e. The van der Waals surface area contributed by atoms with E-state index in [-0.39, 0.29) is 10.8 Å². The Balaban J connectivity index is 0.000000104. The van der Waals surface area contributed by atoms with Gasteiger partial charge >= 0.3 is 0 Å². The second-order valence-electron chi connectivity index (χ2n) is 32.6. The molecule has 1 spiro atoms. The van der Waals surface area contributed by atoms with E-state index in [2.05, 4.69) is 343 Å². The molecule has 0 unspecified atom stereocenters. The molecule has 0 radical (unpaired) electrons. The molecule has 5 N–H and O–H groups in total. The number of tetrazole rings is 5. The average molecular weight is 1750 g/mol. The minimum Gasteiger partial charge on any atom is -0.341 e. The zero-order valence-electron chi connectivity index (χ0n) is 67.9. The maximum atomic E-state index is 6.49. The summed E-state index contributed by atoms with van der Waals surface area (Å²) >= 11 is 28.8. The molecular weight excluding hydrogens is 1660 g/mol. The molecule has 8 aromatic heterocycles. The summed E-state index contributed by atoms with van der Waals surface area (Å²) in [6.45, 7) is 18.4. The van der Waals surface area contributed by atoms with Gasteiger partial charge in [-0.15, -0.1) is 51.0 Å². The first-order chi connectivity index (χ1) is 58.8. The Hall–Kier alpha value is -11.8. The number of fused-ring (bicyclic) bond motifs is 15. The Labute approximate surface area is 725 Å². The van der Waals surface area contributed by atoms with Crippen molar-refractivity contribution in [2.24, 2.45) is 0 Å². The monoisotopic (exact) mass is 1750 g/mol. The van der Waals surface area contributed by atoms with Gasteiger partial charge in [-0.05, 0) is 216 Å². The van der Waals surface area contributed by atoms with E-state index in [4.69, 9.17) is 46.4 Å². The summed E-state index contributed by atoms with van der Waals surface area (Å²) in [6.07, 6.45) is 11.2. The summed E-state index contributed by atoms with van der Waals surface area (Å²) in [6, 6.07) is 64.9. The van der Waals surface area contributed by atoms with Crippen LogP contribution in [-0.4, -0.2) is 130 Å². The van der Waals surface area contributed by atoms with Gasteiger partial charge in [-0.1, -0.05) is 198 Å². The molecule has 2 aliphatic heterocycles. The Morgan fingerprint density at radius 2 is 0.727 bits per heavy atom. The highest BCUT2D eigenvalue weighted by atomic mass is 79.9.